The smallest absolute Gasteiger partial charge is 0.290 e. The zero-order chi connectivity index (χ0) is 28.9. The molecule has 0 unspecified atom stereocenters. The summed E-state index contributed by atoms with van der Waals surface area (Å²) in [6.07, 6.45) is 3.85. The Labute approximate surface area is 235 Å². The van der Waals surface area contributed by atoms with Gasteiger partial charge in [0.25, 0.3) is 5.91 Å². The molecule has 10 heteroatoms. The van der Waals surface area contributed by atoms with Crippen LogP contribution in [0.25, 0.3) is 11.0 Å². The third-order valence-electron chi connectivity index (χ3n) is 7.11. The molecule has 1 aliphatic carbocycles. The summed E-state index contributed by atoms with van der Waals surface area (Å²) in [4.78, 5) is 42.3. The van der Waals surface area contributed by atoms with Gasteiger partial charge in [0, 0.05) is 24.2 Å². The van der Waals surface area contributed by atoms with Gasteiger partial charge < -0.3 is 24.3 Å². The molecule has 0 radical (unpaired) electrons. The predicted octanol–water partition coefficient (Wildman–Crippen LogP) is 5.99. The van der Waals surface area contributed by atoms with Crippen molar-refractivity contribution in [2.45, 2.75) is 31.7 Å². The molecule has 1 aliphatic rings. The quantitative estimate of drug-likeness (QED) is 0.271. The summed E-state index contributed by atoms with van der Waals surface area (Å²) in [5, 5.41) is 3.12. The lowest BCUT2D eigenvalue weighted by Crippen LogP contribution is -2.46. The summed E-state index contributed by atoms with van der Waals surface area (Å²) in [6.45, 7) is -0.778. The summed E-state index contributed by atoms with van der Waals surface area (Å²) in [6, 6.07) is 17.9. The van der Waals surface area contributed by atoms with E-state index in [9.17, 15) is 23.2 Å². The fourth-order valence-corrected chi connectivity index (χ4v) is 4.88. The maximum atomic E-state index is 14.2. The standard InChI is InChI=1S/C31H29F2N3O5/c1-35(23-6-2-3-7-23)29(38)19-36(31(39)27-17-20-5-4-8-26(33)30(20)41-27)18-28(37)34-22-11-15-25(16-12-22)40-24-13-9-21(32)10-14-24/h4-5,8-17,23H,2-3,6-7,18-19H2,1H3,(H,34,37). The number of nitrogens with zero attached hydrogens (tertiary/aromatic N) is 2. The molecule has 0 bridgehead atoms. The lowest BCUT2D eigenvalue weighted by molar-refractivity contribution is -0.132. The number of carbonyl (C=O) groups is 3. The summed E-state index contributed by atoms with van der Waals surface area (Å²) in [5.74, 6) is -1.77. The van der Waals surface area contributed by atoms with Crippen LogP contribution in [0, 0.1) is 11.6 Å². The Kier molecular flexibility index (Phi) is 8.28. The van der Waals surface area contributed by atoms with Crippen molar-refractivity contribution < 1.29 is 32.3 Å². The van der Waals surface area contributed by atoms with E-state index in [4.69, 9.17) is 9.15 Å². The maximum absolute atomic E-state index is 14.2. The molecule has 1 fully saturated rings. The third-order valence-corrected chi connectivity index (χ3v) is 7.11. The van der Waals surface area contributed by atoms with E-state index < -0.39 is 24.2 Å². The second kappa shape index (κ2) is 12.2. The van der Waals surface area contributed by atoms with Crippen LogP contribution in [0.4, 0.5) is 14.5 Å². The topological polar surface area (TPSA) is 92.1 Å². The van der Waals surface area contributed by atoms with E-state index in [2.05, 4.69) is 5.32 Å². The van der Waals surface area contributed by atoms with Gasteiger partial charge in [0.1, 0.15) is 30.4 Å². The van der Waals surface area contributed by atoms with Crippen molar-refractivity contribution in [3.05, 3.63) is 90.2 Å². The van der Waals surface area contributed by atoms with Crippen LogP contribution in [-0.2, 0) is 9.59 Å². The summed E-state index contributed by atoms with van der Waals surface area (Å²) >= 11 is 0. The Morgan fingerprint density at radius 2 is 1.59 bits per heavy atom. The number of carbonyl (C=O) groups excluding carboxylic acids is 3. The number of fused-ring (bicyclic) bond motifs is 1. The first kappa shape index (κ1) is 27.8. The molecule has 3 amide bonds. The van der Waals surface area contributed by atoms with E-state index in [1.54, 1.807) is 42.3 Å². The van der Waals surface area contributed by atoms with E-state index in [1.165, 1.54) is 42.5 Å². The van der Waals surface area contributed by atoms with Crippen LogP contribution < -0.4 is 10.1 Å². The van der Waals surface area contributed by atoms with Crippen LogP contribution in [0.3, 0.4) is 0 Å². The van der Waals surface area contributed by atoms with Gasteiger partial charge in [0.15, 0.2) is 17.2 Å². The number of anilines is 1. The van der Waals surface area contributed by atoms with Crippen molar-refractivity contribution in [3.63, 3.8) is 0 Å². The lowest BCUT2D eigenvalue weighted by atomic mass is 10.2. The molecular weight excluding hydrogens is 532 g/mol. The number of benzene rings is 3. The summed E-state index contributed by atoms with van der Waals surface area (Å²) < 4.78 is 38.5. The molecule has 1 N–H and O–H groups in total. The van der Waals surface area contributed by atoms with Crippen LogP contribution in [-0.4, -0.2) is 53.7 Å². The van der Waals surface area contributed by atoms with Gasteiger partial charge in [-0.1, -0.05) is 25.0 Å². The first-order valence-electron chi connectivity index (χ1n) is 13.3. The molecule has 0 atom stereocenters. The highest BCUT2D eigenvalue weighted by atomic mass is 19.1. The molecule has 41 heavy (non-hydrogen) atoms. The molecule has 0 aliphatic heterocycles. The molecule has 0 spiro atoms. The van der Waals surface area contributed by atoms with E-state index >= 15 is 0 Å². The van der Waals surface area contributed by atoms with E-state index in [-0.39, 0.29) is 35.7 Å². The molecule has 1 heterocycles. The second-order valence-corrected chi connectivity index (χ2v) is 10.0. The maximum Gasteiger partial charge on any atom is 0.290 e. The van der Waals surface area contributed by atoms with E-state index in [1.807, 2.05) is 0 Å². The minimum Gasteiger partial charge on any atom is -0.457 e. The Balaban J connectivity index is 1.29. The molecule has 3 aromatic carbocycles. The van der Waals surface area contributed by atoms with Gasteiger partial charge in [-0.3, -0.25) is 14.4 Å². The van der Waals surface area contributed by atoms with E-state index in [0.717, 1.165) is 30.6 Å². The predicted molar refractivity (Wildman–Crippen MR) is 149 cm³/mol. The first-order chi connectivity index (χ1) is 19.8. The largest absolute Gasteiger partial charge is 0.457 e. The van der Waals surface area contributed by atoms with Crippen molar-refractivity contribution in [3.8, 4) is 11.5 Å². The van der Waals surface area contributed by atoms with Crippen molar-refractivity contribution >= 4 is 34.4 Å². The van der Waals surface area contributed by atoms with Crippen molar-refractivity contribution in [1.82, 2.24) is 9.80 Å². The first-order valence-corrected chi connectivity index (χ1v) is 13.3. The van der Waals surface area contributed by atoms with Gasteiger partial charge in [-0.25, -0.2) is 8.78 Å². The number of para-hydroxylation sites is 1. The monoisotopic (exact) mass is 561 g/mol. The zero-order valence-corrected chi connectivity index (χ0v) is 22.4. The summed E-state index contributed by atoms with van der Waals surface area (Å²) in [7, 11) is 1.70. The fourth-order valence-electron chi connectivity index (χ4n) is 4.88. The fraction of sp³-hybridized carbons (Fsp3) is 0.258. The van der Waals surface area contributed by atoms with E-state index in [0.29, 0.717) is 22.6 Å². The van der Waals surface area contributed by atoms with Crippen molar-refractivity contribution in [1.29, 1.82) is 0 Å². The minimum atomic E-state index is -0.702. The third kappa shape index (κ3) is 6.71. The Morgan fingerprint density at radius 1 is 0.927 bits per heavy atom. The number of nitrogens with one attached hydrogen (secondary N) is 1. The Bertz CT molecular complexity index is 1550. The number of hydrogen-bond acceptors (Lipinski definition) is 5. The molecule has 0 saturated heterocycles. The number of rotatable bonds is 9. The average Bonchev–Trinajstić information content (AvgIpc) is 3.66. The molecule has 5 rings (SSSR count). The molecule has 1 saturated carbocycles. The van der Waals surface area contributed by atoms with Gasteiger partial charge in [-0.15, -0.1) is 0 Å². The molecule has 1 aromatic heterocycles. The molecule has 4 aromatic rings. The van der Waals surface area contributed by atoms with Gasteiger partial charge in [-0.05, 0) is 73.5 Å². The second-order valence-electron chi connectivity index (χ2n) is 10.0. The molecular formula is C31H29F2N3O5. The number of ether oxygens (including phenoxy) is 1. The van der Waals surface area contributed by atoms with Crippen molar-refractivity contribution in [2.75, 3.05) is 25.5 Å². The normalized spacial score (nSPS) is 13.2. The van der Waals surface area contributed by atoms with Crippen LogP contribution in [0.15, 0.2) is 77.2 Å². The van der Waals surface area contributed by atoms with Crippen LogP contribution in [0.2, 0.25) is 0 Å². The highest BCUT2D eigenvalue weighted by Gasteiger charge is 2.29. The Hall–Kier alpha value is -4.73. The van der Waals surface area contributed by atoms with Gasteiger partial charge in [0.05, 0.1) is 0 Å². The van der Waals surface area contributed by atoms with Crippen LogP contribution >= 0.6 is 0 Å². The van der Waals surface area contributed by atoms with Gasteiger partial charge in [0.2, 0.25) is 11.8 Å². The number of halogens is 2. The van der Waals surface area contributed by atoms with Crippen LogP contribution in [0.5, 0.6) is 11.5 Å². The highest BCUT2D eigenvalue weighted by Crippen LogP contribution is 2.26. The van der Waals surface area contributed by atoms with Gasteiger partial charge in [-0.2, -0.15) is 0 Å². The number of furan rings is 1. The average molecular weight is 562 g/mol. The minimum absolute atomic E-state index is 0.0717. The number of hydrogen-bond donors (Lipinski definition) is 1. The SMILES string of the molecule is CN(C(=O)CN(CC(=O)Nc1ccc(Oc2ccc(F)cc2)cc1)C(=O)c1cc2cccc(F)c2o1)C1CCCC1. The highest BCUT2D eigenvalue weighted by molar-refractivity contribution is 6.01. The summed E-state index contributed by atoms with van der Waals surface area (Å²) in [5.41, 5.74) is 0.367. The molecule has 212 valence electrons. The molecule has 8 nitrogen and oxygen atoms in total. The number of likely N-dealkylation sites (N-methyl/N-ethyl adjacent to an activating group) is 1. The Morgan fingerprint density at radius 3 is 2.24 bits per heavy atom. The van der Waals surface area contributed by atoms with Crippen LogP contribution in [0.1, 0.15) is 36.2 Å². The lowest BCUT2D eigenvalue weighted by Gasteiger charge is -2.28. The zero-order valence-electron chi connectivity index (χ0n) is 22.4. The van der Waals surface area contributed by atoms with Crippen molar-refractivity contribution in [2.24, 2.45) is 0 Å². The van der Waals surface area contributed by atoms with Gasteiger partial charge >= 0.3 is 0 Å². The number of amides is 3.